The van der Waals surface area contributed by atoms with Gasteiger partial charge in [-0.15, -0.1) is 11.5 Å². The zero-order valence-corrected chi connectivity index (χ0v) is 10.9. The standard InChI is InChI=1S/C13H12N2O2S/c1-4-6-12(5-2)14-15-18(16,17)13-9-7-11(3)8-10-13/h2,7-10,15H,1,3H3/b14-12+. The smallest absolute Gasteiger partial charge is 0.200 e. The van der Waals surface area contributed by atoms with E-state index in [1.165, 1.54) is 12.1 Å². The molecule has 0 unspecified atom stereocenters. The van der Waals surface area contributed by atoms with Gasteiger partial charge in [-0.1, -0.05) is 23.6 Å². The van der Waals surface area contributed by atoms with Gasteiger partial charge in [0.1, 0.15) is 0 Å². The minimum atomic E-state index is -3.70. The van der Waals surface area contributed by atoms with Gasteiger partial charge in [-0.25, -0.2) is 0 Å². The van der Waals surface area contributed by atoms with E-state index >= 15 is 0 Å². The third-order valence-electron chi connectivity index (χ3n) is 1.99. The monoisotopic (exact) mass is 260 g/mol. The van der Waals surface area contributed by atoms with E-state index in [0.717, 1.165) is 5.56 Å². The highest BCUT2D eigenvalue weighted by Gasteiger charge is 2.12. The van der Waals surface area contributed by atoms with Crippen molar-refractivity contribution in [1.82, 2.24) is 4.83 Å². The first-order valence-electron chi connectivity index (χ1n) is 5.05. The lowest BCUT2D eigenvalue weighted by Crippen LogP contribution is -2.19. The predicted molar refractivity (Wildman–Crippen MR) is 71.2 cm³/mol. The summed E-state index contributed by atoms with van der Waals surface area (Å²) in [6.45, 7) is 3.45. The van der Waals surface area contributed by atoms with E-state index in [1.807, 2.05) is 11.8 Å². The molecule has 18 heavy (non-hydrogen) atoms. The SMILES string of the molecule is C#C/C(C#CC)=N\NS(=O)(=O)c1ccc(C)cc1. The van der Waals surface area contributed by atoms with E-state index in [1.54, 1.807) is 19.1 Å². The lowest BCUT2D eigenvalue weighted by molar-refractivity contribution is 0.584. The van der Waals surface area contributed by atoms with Gasteiger partial charge in [0.2, 0.25) is 0 Å². The number of hydrogen-bond acceptors (Lipinski definition) is 3. The minimum Gasteiger partial charge on any atom is -0.200 e. The molecule has 0 aliphatic heterocycles. The molecule has 1 rings (SSSR count). The number of terminal acetylenes is 1. The van der Waals surface area contributed by atoms with Crippen molar-refractivity contribution in [3.05, 3.63) is 29.8 Å². The fraction of sp³-hybridized carbons (Fsp3) is 0.154. The Hall–Kier alpha value is -2.24. The molecule has 0 saturated carbocycles. The van der Waals surface area contributed by atoms with Crippen LogP contribution >= 0.6 is 0 Å². The molecule has 0 bridgehead atoms. The van der Waals surface area contributed by atoms with Gasteiger partial charge >= 0.3 is 0 Å². The first kappa shape index (κ1) is 13.8. The normalized spacial score (nSPS) is 11.1. The zero-order chi connectivity index (χ0) is 13.6. The average molecular weight is 260 g/mol. The molecule has 0 radical (unpaired) electrons. The molecule has 0 aliphatic carbocycles. The third-order valence-corrected chi connectivity index (χ3v) is 3.21. The van der Waals surface area contributed by atoms with Crippen molar-refractivity contribution in [2.24, 2.45) is 5.10 Å². The lowest BCUT2D eigenvalue weighted by atomic mass is 10.2. The highest BCUT2D eigenvalue weighted by Crippen LogP contribution is 2.09. The summed E-state index contributed by atoms with van der Waals surface area (Å²) < 4.78 is 23.7. The largest absolute Gasteiger partial charge is 0.276 e. The molecule has 0 spiro atoms. The van der Waals surface area contributed by atoms with Crippen LogP contribution in [0.3, 0.4) is 0 Å². The Kier molecular flexibility index (Phi) is 4.53. The number of benzene rings is 1. The molecular weight excluding hydrogens is 248 g/mol. The van der Waals surface area contributed by atoms with E-state index in [-0.39, 0.29) is 10.6 Å². The lowest BCUT2D eigenvalue weighted by Gasteiger charge is -2.03. The summed E-state index contributed by atoms with van der Waals surface area (Å²) in [5.74, 6) is 7.23. The van der Waals surface area contributed by atoms with Crippen LogP contribution < -0.4 is 4.83 Å². The van der Waals surface area contributed by atoms with Gasteiger partial charge in [-0.3, -0.25) is 0 Å². The third kappa shape index (κ3) is 3.65. The topological polar surface area (TPSA) is 58.5 Å². The van der Waals surface area contributed by atoms with Crippen molar-refractivity contribution in [3.63, 3.8) is 0 Å². The zero-order valence-electron chi connectivity index (χ0n) is 10.1. The number of sulfonamides is 1. The van der Waals surface area contributed by atoms with Crippen LogP contribution in [-0.4, -0.2) is 14.1 Å². The minimum absolute atomic E-state index is 0.0354. The molecule has 92 valence electrons. The molecule has 0 saturated heterocycles. The van der Waals surface area contributed by atoms with Crippen molar-refractivity contribution < 1.29 is 8.42 Å². The number of nitrogens with zero attached hydrogens (tertiary/aromatic N) is 1. The van der Waals surface area contributed by atoms with Crippen LogP contribution in [0.15, 0.2) is 34.3 Å². The maximum absolute atomic E-state index is 11.8. The van der Waals surface area contributed by atoms with Crippen molar-refractivity contribution in [3.8, 4) is 24.2 Å². The summed E-state index contributed by atoms with van der Waals surface area (Å²) >= 11 is 0. The molecule has 0 aliphatic rings. The molecule has 4 nitrogen and oxygen atoms in total. The Bertz CT molecular complexity index is 654. The Morgan fingerprint density at radius 2 is 1.94 bits per heavy atom. The first-order valence-corrected chi connectivity index (χ1v) is 6.53. The molecule has 0 atom stereocenters. The van der Waals surface area contributed by atoms with Crippen LogP contribution in [0.5, 0.6) is 0 Å². The van der Waals surface area contributed by atoms with Gasteiger partial charge in [0, 0.05) is 0 Å². The maximum atomic E-state index is 11.8. The molecular formula is C13H12N2O2S. The quantitative estimate of drug-likeness (QED) is 0.506. The van der Waals surface area contributed by atoms with E-state index in [9.17, 15) is 8.42 Å². The van der Waals surface area contributed by atoms with Gasteiger partial charge in [0.05, 0.1) is 4.90 Å². The number of nitrogens with one attached hydrogen (secondary N) is 1. The van der Waals surface area contributed by atoms with Gasteiger partial charge in [-0.2, -0.15) is 13.2 Å². The van der Waals surface area contributed by atoms with Crippen LogP contribution in [0.4, 0.5) is 0 Å². The Balaban J connectivity index is 2.99. The molecule has 1 aromatic rings. The summed E-state index contributed by atoms with van der Waals surface area (Å²) in [6, 6.07) is 6.39. The number of hydrogen-bond donors (Lipinski definition) is 1. The first-order chi connectivity index (χ1) is 8.49. The summed E-state index contributed by atoms with van der Waals surface area (Å²) in [5, 5.41) is 3.57. The average Bonchev–Trinajstić information content (AvgIpc) is 2.35. The number of aryl methyl sites for hydroxylation is 1. The summed E-state index contributed by atoms with van der Waals surface area (Å²) in [5.41, 5.74) is 1.01. The highest BCUT2D eigenvalue weighted by molar-refractivity contribution is 7.89. The van der Waals surface area contributed by atoms with Crippen LogP contribution in [0.1, 0.15) is 12.5 Å². The number of rotatable bonds is 3. The summed E-state index contributed by atoms with van der Waals surface area (Å²) in [6.07, 6.45) is 5.13. The van der Waals surface area contributed by atoms with Crippen LogP contribution in [0.25, 0.3) is 0 Å². The van der Waals surface area contributed by atoms with Crippen molar-refractivity contribution >= 4 is 15.7 Å². The van der Waals surface area contributed by atoms with Crippen LogP contribution in [0, 0.1) is 31.1 Å². The van der Waals surface area contributed by atoms with E-state index < -0.39 is 10.0 Å². The van der Waals surface area contributed by atoms with Gasteiger partial charge in [0.25, 0.3) is 10.0 Å². The van der Waals surface area contributed by atoms with Gasteiger partial charge in [0.15, 0.2) is 5.71 Å². The number of hydrazone groups is 1. The molecule has 1 aromatic carbocycles. The van der Waals surface area contributed by atoms with Crippen molar-refractivity contribution in [2.75, 3.05) is 0 Å². The molecule has 0 amide bonds. The highest BCUT2D eigenvalue weighted by atomic mass is 32.2. The van der Waals surface area contributed by atoms with E-state index in [4.69, 9.17) is 6.42 Å². The second-order valence-corrected chi connectivity index (χ2v) is 5.05. The fourth-order valence-corrected chi connectivity index (χ4v) is 1.90. The Morgan fingerprint density at radius 3 is 2.44 bits per heavy atom. The summed E-state index contributed by atoms with van der Waals surface area (Å²) in [7, 11) is -3.70. The molecule has 0 heterocycles. The molecule has 5 heteroatoms. The molecule has 0 aromatic heterocycles. The van der Waals surface area contributed by atoms with Crippen molar-refractivity contribution in [1.29, 1.82) is 0 Å². The Morgan fingerprint density at radius 1 is 1.33 bits per heavy atom. The van der Waals surface area contributed by atoms with E-state index in [0.29, 0.717) is 0 Å². The van der Waals surface area contributed by atoms with Gasteiger partial charge in [-0.05, 0) is 37.8 Å². The van der Waals surface area contributed by atoms with Crippen LogP contribution in [-0.2, 0) is 10.0 Å². The van der Waals surface area contributed by atoms with E-state index in [2.05, 4.69) is 22.9 Å². The summed E-state index contributed by atoms with van der Waals surface area (Å²) in [4.78, 5) is 2.17. The molecule has 0 fully saturated rings. The Labute approximate surface area is 107 Å². The van der Waals surface area contributed by atoms with Gasteiger partial charge < -0.3 is 0 Å². The van der Waals surface area contributed by atoms with Crippen molar-refractivity contribution in [2.45, 2.75) is 18.7 Å². The van der Waals surface area contributed by atoms with Crippen LogP contribution in [0.2, 0.25) is 0 Å². The maximum Gasteiger partial charge on any atom is 0.276 e. The molecule has 1 N–H and O–H groups in total. The predicted octanol–water partition coefficient (Wildman–Crippen LogP) is 1.29. The second kappa shape index (κ2) is 5.90. The fourth-order valence-electron chi connectivity index (χ4n) is 1.09. The second-order valence-electron chi connectivity index (χ2n) is 3.39.